The quantitative estimate of drug-likeness (QED) is 0.648. The summed E-state index contributed by atoms with van der Waals surface area (Å²) in [5.74, 6) is -1.22. The Kier molecular flexibility index (Phi) is 4.34. The van der Waals surface area contributed by atoms with E-state index in [0.29, 0.717) is 4.47 Å². The molecule has 1 amide bonds. The number of carbonyl (C=O) groups is 1. The van der Waals surface area contributed by atoms with E-state index >= 15 is 0 Å². The minimum atomic E-state index is -0.662. The smallest absolute Gasteiger partial charge is 0.259 e. The molecule has 19 heavy (non-hydrogen) atoms. The molecule has 0 unspecified atom stereocenters. The van der Waals surface area contributed by atoms with E-state index in [0.717, 1.165) is 0 Å². The van der Waals surface area contributed by atoms with Crippen LogP contribution in [0.25, 0.3) is 0 Å². The number of anilines is 1. The second-order valence-corrected chi connectivity index (χ2v) is 5.06. The first-order chi connectivity index (χ1) is 8.95. The summed E-state index contributed by atoms with van der Waals surface area (Å²) in [6.07, 6.45) is 0. The summed E-state index contributed by atoms with van der Waals surface area (Å²) in [7, 11) is 0. The van der Waals surface area contributed by atoms with E-state index < -0.39 is 11.7 Å². The molecule has 2 rings (SSSR count). The van der Waals surface area contributed by atoms with Gasteiger partial charge in [-0.2, -0.15) is 0 Å². The van der Waals surface area contributed by atoms with Crippen molar-refractivity contribution in [1.29, 1.82) is 0 Å². The van der Waals surface area contributed by atoms with Crippen molar-refractivity contribution in [2.75, 3.05) is 5.32 Å². The first kappa shape index (κ1) is 14.2. The average molecular weight is 365 g/mol. The number of halogens is 4. The van der Waals surface area contributed by atoms with Crippen molar-refractivity contribution >= 4 is 50.9 Å². The lowest BCUT2D eigenvalue weighted by Crippen LogP contribution is -2.15. The van der Waals surface area contributed by atoms with Gasteiger partial charge >= 0.3 is 0 Å². The number of hydrogen-bond donors (Lipinski definition) is 1. The molecule has 0 atom stereocenters. The topological polar surface area (TPSA) is 54.9 Å². The Labute approximate surface area is 126 Å². The lowest BCUT2D eigenvalue weighted by Gasteiger charge is -2.06. The van der Waals surface area contributed by atoms with Crippen LogP contribution in [0.3, 0.4) is 0 Å². The zero-order valence-corrected chi connectivity index (χ0v) is 12.2. The molecule has 1 N–H and O–H groups in total. The van der Waals surface area contributed by atoms with Crippen LogP contribution in [0.5, 0.6) is 0 Å². The van der Waals surface area contributed by atoms with Gasteiger partial charge in [-0.25, -0.2) is 14.4 Å². The summed E-state index contributed by atoms with van der Waals surface area (Å²) in [5.41, 5.74) is -0.125. The largest absolute Gasteiger partial charge is 0.306 e. The minimum Gasteiger partial charge on any atom is -0.306 e. The molecule has 0 fully saturated rings. The van der Waals surface area contributed by atoms with Crippen molar-refractivity contribution in [1.82, 2.24) is 9.97 Å². The van der Waals surface area contributed by atoms with Crippen molar-refractivity contribution in [2.24, 2.45) is 0 Å². The maximum atomic E-state index is 13.5. The van der Waals surface area contributed by atoms with Gasteiger partial charge < -0.3 is 5.32 Å². The number of benzene rings is 1. The highest BCUT2D eigenvalue weighted by Gasteiger charge is 2.13. The minimum absolute atomic E-state index is 0.0741. The maximum Gasteiger partial charge on any atom is 0.259 e. The highest BCUT2D eigenvalue weighted by molar-refractivity contribution is 9.10. The van der Waals surface area contributed by atoms with Crippen molar-refractivity contribution in [3.8, 4) is 0 Å². The van der Waals surface area contributed by atoms with Crippen LogP contribution < -0.4 is 5.32 Å². The summed E-state index contributed by atoms with van der Waals surface area (Å²) >= 11 is 14.4. The molecule has 98 valence electrons. The second kappa shape index (κ2) is 5.81. The van der Waals surface area contributed by atoms with Gasteiger partial charge in [0.2, 0.25) is 5.28 Å². The maximum absolute atomic E-state index is 13.5. The van der Waals surface area contributed by atoms with Crippen LogP contribution in [0, 0.1) is 5.82 Å². The summed E-state index contributed by atoms with van der Waals surface area (Å²) in [5, 5.41) is 2.35. The lowest BCUT2D eigenvalue weighted by molar-refractivity contribution is 0.102. The van der Waals surface area contributed by atoms with E-state index in [4.69, 9.17) is 23.2 Å². The van der Waals surface area contributed by atoms with Gasteiger partial charge in [-0.15, -0.1) is 0 Å². The van der Waals surface area contributed by atoms with E-state index in [-0.39, 0.29) is 21.8 Å². The van der Waals surface area contributed by atoms with Crippen molar-refractivity contribution < 1.29 is 9.18 Å². The highest BCUT2D eigenvalue weighted by atomic mass is 79.9. The average Bonchev–Trinajstić information content (AvgIpc) is 2.30. The lowest BCUT2D eigenvalue weighted by atomic mass is 10.2. The zero-order chi connectivity index (χ0) is 14.0. The van der Waals surface area contributed by atoms with Gasteiger partial charge in [0, 0.05) is 10.5 Å². The number of nitrogens with zero attached hydrogens (tertiary/aromatic N) is 2. The number of rotatable bonds is 2. The van der Waals surface area contributed by atoms with Gasteiger partial charge in [-0.05, 0) is 29.8 Å². The molecule has 0 aliphatic rings. The molecule has 4 nitrogen and oxygen atoms in total. The molecule has 0 aliphatic carbocycles. The molecule has 0 radical (unpaired) electrons. The molecular formula is C11H5BrCl2FN3O. The van der Waals surface area contributed by atoms with E-state index in [1.807, 2.05) is 0 Å². The Bertz CT molecular complexity index is 634. The van der Waals surface area contributed by atoms with Gasteiger partial charge in [-0.1, -0.05) is 27.5 Å². The molecule has 1 heterocycles. The highest BCUT2D eigenvalue weighted by Crippen LogP contribution is 2.18. The Hall–Kier alpha value is -1.24. The van der Waals surface area contributed by atoms with Gasteiger partial charge in [0.25, 0.3) is 5.91 Å². The Morgan fingerprint density at radius 3 is 2.68 bits per heavy atom. The third kappa shape index (κ3) is 3.62. The predicted octanol–water partition coefficient (Wildman–Crippen LogP) is 3.94. The van der Waals surface area contributed by atoms with Gasteiger partial charge in [-0.3, -0.25) is 4.79 Å². The molecule has 2 aromatic rings. The van der Waals surface area contributed by atoms with Gasteiger partial charge in [0.1, 0.15) is 16.8 Å². The number of amides is 1. The molecule has 0 bridgehead atoms. The van der Waals surface area contributed by atoms with Crippen LogP contribution in [-0.2, 0) is 0 Å². The molecule has 0 saturated heterocycles. The predicted molar refractivity (Wildman–Crippen MR) is 74.1 cm³/mol. The fraction of sp³-hybridized carbons (Fsp3) is 0. The molecular weight excluding hydrogens is 360 g/mol. The van der Waals surface area contributed by atoms with Crippen LogP contribution >= 0.6 is 39.1 Å². The Balaban J connectivity index is 2.28. The van der Waals surface area contributed by atoms with E-state index in [1.54, 1.807) is 0 Å². The third-order valence-corrected chi connectivity index (χ3v) is 2.94. The third-order valence-electron chi connectivity index (χ3n) is 2.08. The van der Waals surface area contributed by atoms with Crippen LogP contribution in [0.4, 0.5) is 10.2 Å². The number of hydrogen-bond acceptors (Lipinski definition) is 3. The summed E-state index contributed by atoms with van der Waals surface area (Å²) in [6, 6.07) is 5.33. The Morgan fingerprint density at radius 2 is 2.00 bits per heavy atom. The van der Waals surface area contributed by atoms with Gasteiger partial charge in [0.05, 0.1) is 5.56 Å². The first-order valence-electron chi connectivity index (χ1n) is 4.92. The summed E-state index contributed by atoms with van der Waals surface area (Å²) in [4.78, 5) is 19.3. The van der Waals surface area contributed by atoms with E-state index in [9.17, 15) is 9.18 Å². The van der Waals surface area contributed by atoms with Crippen LogP contribution in [0.15, 0.2) is 28.7 Å². The SMILES string of the molecule is O=C(Nc1cc(Cl)nc(Cl)n1)c1cc(Br)ccc1F. The van der Waals surface area contributed by atoms with Crippen molar-refractivity contribution in [3.05, 3.63) is 50.6 Å². The van der Waals surface area contributed by atoms with Crippen LogP contribution in [0.2, 0.25) is 10.4 Å². The number of aromatic nitrogens is 2. The zero-order valence-electron chi connectivity index (χ0n) is 9.12. The standard InChI is InChI=1S/C11H5BrCl2FN3O/c12-5-1-2-7(15)6(3-5)10(19)17-9-4-8(13)16-11(14)18-9/h1-4H,(H,16,17,18,19). The van der Waals surface area contributed by atoms with Crippen molar-refractivity contribution in [3.63, 3.8) is 0 Å². The molecule has 0 saturated carbocycles. The monoisotopic (exact) mass is 363 g/mol. The molecule has 1 aromatic carbocycles. The molecule has 1 aromatic heterocycles. The second-order valence-electron chi connectivity index (χ2n) is 3.42. The van der Waals surface area contributed by atoms with E-state index in [2.05, 4.69) is 31.2 Å². The summed E-state index contributed by atoms with van der Waals surface area (Å²) in [6.45, 7) is 0. The number of nitrogens with one attached hydrogen (secondary N) is 1. The fourth-order valence-electron chi connectivity index (χ4n) is 1.31. The van der Waals surface area contributed by atoms with Crippen LogP contribution in [0.1, 0.15) is 10.4 Å². The van der Waals surface area contributed by atoms with Gasteiger partial charge in [0.15, 0.2) is 0 Å². The van der Waals surface area contributed by atoms with E-state index in [1.165, 1.54) is 24.3 Å². The first-order valence-corrected chi connectivity index (χ1v) is 6.47. The summed E-state index contributed by atoms with van der Waals surface area (Å²) < 4.78 is 14.1. The number of carbonyl (C=O) groups excluding carboxylic acids is 1. The molecule has 0 aliphatic heterocycles. The van der Waals surface area contributed by atoms with Crippen molar-refractivity contribution in [2.45, 2.75) is 0 Å². The van der Waals surface area contributed by atoms with Crippen LogP contribution in [-0.4, -0.2) is 15.9 Å². The fourth-order valence-corrected chi connectivity index (χ4v) is 2.08. The molecule has 0 spiro atoms. The normalized spacial score (nSPS) is 10.3. The molecule has 8 heteroatoms. The Morgan fingerprint density at radius 1 is 1.26 bits per heavy atom.